The molecule has 1 fully saturated rings. The number of halogens is 4. The number of ether oxygens (including phenoxy) is 2. The summed E-state index contributed by atoms with van der Waals surface area (Å²) < 4.78 is 66.1. The predicted molar refractivity (Wildman–Crippen MR) is 116 cm³/mol. The van der Waals surface area contributed by atoms with E-state index in [0.29, 0.717) is 6.07 Å². The molecule has 1 atom stereocenters. The first-order valence-corrected chi connectivity index (χ1v) is 10.7. The fourth-order valence-corrected chi connectivity index (χ4v) is 4.03. The molecule has 1 aliphatic rings. The van der Waals surface area contributed by atoms with Gasteiger partial charge in [0.25, 0.3) is 0 Å². The Morgan fingerprint density at radius 3 is 2.50 bits per heavy atom. The molecular weight excluding hydrogens is 456 g/mol. The molecule has 2 aromatic rings. The maximum absolute atomic E-state index is 14.4. The molecule has 0 unspecified atom stereocenters. The van der Waals surface area contributed by atoms with Gasteiger partial charge in [-0.25, -0.2) is 9.18 Å². The van der Waals surface area contributed by atoms with Gasteiger partial charge in [0, 0.05) is 12.6 Å². The lowest BCUT2D eigenvalue weighted by Gasteiger charge is -2.33. The molecule has 1 aliphatic heterocycles. The Kier molecular flexibility index (Phi) is 7.50. The van der Waals surface area contributed by atoms with Crippen LogP contribution in [0.4, 0.5) is 28.0 Å². The first-order valence-electron chi connectivity index (χ1n) is 10.7. The summed E-state index contributed by atoms with van der Waals surface area (Å²) in [5.74, 6) is -2.01. The Hall–Kier alpha value is -3.14. The van der Waals surface area contributed by atoms with E-state index in [1.54, 1.807) is 38.1 Å². The standard InChI is InChI=1S/C24H26F4N2O4/c1-15(31)29-18-11-17(21(20(25)12-18)24(26,27)28)9-10-19-14-34-23(2,3)30(19)22(32)33-13-16-7-5-4-6-8-16/h4-8,11-12,19H,9-10,13-14H2,1-3H3,(H,29,31)/t19-/m0/s1. The summed E-state index contributed by atoms with van der Waals surface area (Å²) in [6.45, 7) is 4.61. The second kappa shape index (κ2) is 10.0. The number of amides is 2. The van der Waals surface area contributed by atoms with E-state index in [1.807, 2.05) is 6.07 Å². The van der Waals surface area contributed by atoms with Crippen molar-refractivity contribution >= 4 is 17.7 Å². The normalized spacial score (nSPS) is 17.5. The Balaban J connectivity index is 1.79. The molecule has 34 heavy (non-hydrogen) atoms. The number of benzene rings is 2. The summed E-state index contributed by atoms with van der Waals surface area (Å²) in [6.07, 6.45) is -5.72. The zero-order valence-corrected chi connectivity index (χ0v) is 19.0. The minimum atomic E-state index is -4.92. The van der Waals surface area contributed by atoms with Gasteiger partial charge in [-0.05, 0) is 49.9 Å². The lowest BCUT2D eigenvalue weighted by Crippen LogP contribution is -2.48. The average molecular weight is 482 g/mol. The van der Waals surface area contributed by atoms with Crippen molar-refractivity contribution in [3.8, 4) is 0 Å². The Labute approximate surface area is 194 Å². The highest BCUT2D eigenvalue weighted by Gasteiger charge is 2.45. The fraction of sp³-hybridized carbons (Fsp3) is 0.417. The van der Waals surface area contributed by atoms with E-state index < -0.39 is 41.3 Å². The summed E-state index contributed by atoms with van der Waals surface area (Å²) in [6, 6.07) is 10.2. The molecule has 1 heterocycles. The smallest absolute Gasteiger partial charge is 0.419 e. The lowest BCUT2D eigenvalue weighted by molar-refractivity contribution is -0.140. The number of nitrogens with zero attached hydrogens (tertiary/aromatic N) is 1. The van der Waals surface area contributed by atoms with Gasteiger partial charge in [0.1, 0.15) is 18.1 Å². The van der Waals surface area contributed by atoms with Gasteiger partial charge < -0.3 is 14.8 Å². The molecule has 10 heteroatoms. The zero-order chi connectivity index (χ0) is 25.1. The topological polar surface area (TPSA) is 67.9 Å². The van der Waals surface area contributed by atoms with E-state index in [1.165, 1.54) is 11.8 Å². The van der Waals surface area contributed by atoms with Gasteiger partial charge in [-0.1, -0.05) is 30.3 Å². The first kappa shape index (κ1) is 25.5. The minimum Gasteiger partial charge on any atom is -0.444 e. The summed E-state index contributed by atoms with van der Waals surface area (Å²) >= 11 is 0. The summed E-state index contributed by atoms with van der Waals surface area (Å²) in [7, 11) is 0. The summed E-state index contributed by atoms with van der Waals surface area (Å²) in [4.78, 5) is 25.5. The highest BCUT2D eigenvalue weighted by Crippen LogP contribution is 2.37. The number of carbonyl (C=O) groups excluding carboxylic acids is 2. The lowest BCUT2D eigenvalue weighted by atomic mass is 9.98. The number of hydrogen-bond donors (Lipinski definition) is 1. The number of hydrogen-bond acceptors (Lipinski definition) is 4. The Morgan fingerprint density at radius 1 is 1.21 bits per heavy atom. The summed E-state index contributed by atoms with van der Waals surface area (Å²) in [5, 5.41) is 2.31. The third kappa shape index (κ3) is 6.05. The third-order valence-electron chi connectivity index (χ3n) is 5.50. The van der Waals surface area contributed by atoms with Crippen LogP contribution in [-0.4, -0.2) is 35.3 Å². The highest BCUT2D eigenvalue weighted by molar-refractivity contribution is 5.88. The molecule has 0 saturated carbocycles. The Morgan fingerprint density at radius 2 is 1.88 bits per heavy atom. The number of anilines is 1. The minimum absolute atomic E-state index is 0.0289. The molecular formula is C24H26F4N2O4. The molecule has 3 rings (SSSR count). The van der Waals surface area contributed by atoms with Crippen molar-refractivity contribution < 1.29 is 36.6 Å². The van der Waals surface area contributed by atoms with Crippen LogP contribution in [0.2, 0.25) is 0 Å². The van der Waals surface area contributed by atoms with Crippen molar-refractivity contribution in [2.24, 2.45) is 0 Å². The van der Waals surface area contributed by atoms with Crippen molar-refractivity contribution in [1.29, 1.82) is 0 Å². The molecule has 0 aliphatic carbocycles. The number of aryl methyl sites for hydroxylation is 1. The number of alkyl halides is 3. The second-order valence-electron chi connectivity index (χ2n) is 8.53. The molecule has 1 saturated heterocycles. The molecule has 0 spiro atoms. The van der Waals surface area contributed by atoms with Crippen molar-refractivity contribution in [1.82, 2.24) is 4.90 Å². The quantitative estimate of drug-likeness (QED) is 0.552. The first-order chi connectivity index (χ1) is 15.9. The van der Waals surface area contributed by atoms with Gasteiger partial charge in [-0.2, -0.15) is 13.2 Å². The average Bonchev–Trinajstić information content (AvgIpc) is 3.03. The van der Waals surface area contributed by atoms with Gasteiger partial charge in [0.15, 0.2) is 0 Å². The molecule has 184 valence electrons. The van der Waals surface area contributed by atoms with Gasteiger partial charge in [0.05, 0.1) is 18.2 Å². The van der Waals surface area contributed by atoms with E-state index >= 15 is 0 Å². The third-order valence-corrected chi connectivity index (χ3v) is 5.50. The van der Waals surface area contributed by atoms with E-state index in [-0.39, 0.29) is 37.3 Å². The Bertz CT molecular complexity index is 1040. The molecule has 6 nitrogen and oxygen atoms in total. The van der Waals surface area contributed by atoms with Crippen molar-refractivity contribution in [2.75, 3.05) is 11.9 Å². The van der Waals surface area contributed by atoms with E-state index in [9.17, 15) is 27.2 Å². The molecule has 0 aromatic heterocycles. The zero-order valence-electron chi connectivity index (χ0n) is 19.0. The monoisotopic (exact) mass is 482 g/mol. The molecule has 0 bridgehead atoms. The van der Waals surface area contributed by atoms with Gasteiger partial charge in [-0.3, -0.25) is 9.69 Å². The van der Waals surface area contributed by atoms with Crippen LogP contribution in [0.1, 0.15) is 43.9 Å². The number of nitrogens with one attached hydrogen (secondary N) is 1. The summed E-state index contributed by atoms with van der Waals surface area (Å²) in [5.41, 5.74) is -2.04. The van der Waals surface area contributed by atoms with Crippen LogP contribution in [-0.2, 0) is 33.5 Å². The largest absolute Gasteiger partial charge is 0.444 e. The molecule has 2 amide bonds. The molecule has 0 radical (unpaired) electrons. The van der Waals surface area contributed by atoms with E-state index in [0.717, 1.165) is 11.6 Å². The molecule has 1 N–H and O–H groups in total. The maximum atomic E-state index is 14.4. The van der Waals surface area contributed by atoms with Crippen LogP contribution < -0.4 is 5.32 Å². The van der Waals surface area contributed by atoms with Crippen molar-refractivity contribution in [3.63, 3.8) is 0 Å². The van der Waals surface area contributed by atoms with Crippen LogP contribution in [0, 0.1) is 5.82 Å². The second-order valence-corrected chi connectivity index (χ2v) is 8.53. The predicted octanol–water partition coefficient (Wildman–Crippen LogP) is 5.51. The van der Waals surface area contributed by atoms with E-state index in [4.69, 9.17) is 9.47 Å². The maximum Gasteiger partial charge on any atom is 0.419 e. The van der Waals surface area contributed by atoms with E-state index in [2.05, 4.69) is 5.32 Å². The van der Waals surface area contributed by atoms with Gasteiger partial charge in [-0.15, -0.1) is 0 Å². The SMILES string of the molecule is CC(=O)Nc1cc(F)c(C(F)(F)F)c(CC[C@H]2COC(C)(C)N2C(=O)OCc2ccccc2)c1. The van der Waals surface area contributed by atoms with Crippen molar-refractivity contribution in [2.45, 2.75) is 58.2 Å². The van der Waals surface area contributed by atoms with Crippen LogP contribution in [0.25, 0.3) is 0 Å². The molecule has 2 aromatic carbocycles. The van der Waals surface area contributed by atoms with Crippen molar-refractivity contribution in [3.05, 3.63) is 65.0 Å². The van der Waals surface area contributed by atoms with Gasteiger partial charge in [0.2, 0.25) is 5.91 Å². The van der Waals surface area contributed by atoms with Crippen LogP contribution in [0.15, 0.2) is 42.5 Å². The highest BCUT2D eigenvalue weighted by atomic mass is 19.4. The van der Waals surface area contributed by atoms with Crippen LogP contribution in [0.3, 0.4) is 0 Å². The van der Waals surface area contributed by atoms with Crippen LogP contribution in [0.5, 0.6) is 0 Å². The number of rotatable bonds is 6. The van der Waals surface area contributed by atoms with Crippen LogP contribution >= 0.6 is 0 Å². The van der Waals surface area contributed by atoms with Gasteiger partial charge >= 0.3 is 12.3 Å². The fourth-order valence-electron chi connectivity index (χ4n) is 4.03. The number of carbonyl (C=O) groups is 2.